The molecule has 0 saturated carbocycles. The molecule has 0 aliphatic carbocycles. The Kier molecular flexibility index (Phi) is 4.81. The Bertz CT molecular complexity index is 360. The number of halogens is 3. The molecule has 16 heavy (non-hydrogen) atoms. The molecule has 1 rings (SSSR count). The molecule has 0 spiro atoms. The molecular formula is C11H15Cl2FN2. The lowest BCUT2D eigenvalue weighted by Gasteiger charge is -2.29. The molecule has 1 N–H and O–H groups in total. The SMILES string of the molecule is CCC(C)(CCCl)Nc1ncc(Cl)cc1F. The number of anilines is 1. The van der Waals surface area contributed by atoms with Crippen LogP contribution in [0.1, 0.15) is 26.7 Å². The summed E-state index contributed by atoms with van der Waals surface area (Å²) in [5, 5.41) is 3.36. The van der Waals surface area contributed by atoms with E-state index in [9.17, 15) is 4.39 Å². The Hall–Kier alpha value is -0.540. The minimum atomic E-state index is -0.443. The number of alkyl halides is 1. The van der Waals surface area contributed by atoms with Crippen molar-refractivity contribution < 1.29 is 4.39 Å². The standard InChI is InChI=1S/C11H15Cl2FN2/c1-3-11(2,4-5-12)16-10-9(14)6-8(13)7-15-10/h6-7H,3-5H2,1-2H3,(H,15,16). The fourth-order valence-electron chi connectivity index (χ4n) is 1.33. The van der Waals surface area contributed by atoms with Crippen LogP contribution in [-0.2, 0) is 0 Å². The predicted molar refractivity (Wildman–Crippen MR) is 66.9 cm³/mol. The lowest BCUT2D eigenvalue weighted by Crippen LogP contribution is -2.35. The fraction of sp³-hybridized carbons (Fsp3) is 0.545. The average molecular weight is 265 g/mol. The molecule has 0 saturated heterocycles. The molecule has 1 aromatic heterocycles. The number of nitrogens with one attached hydrogen (secondary N) is 1. The quantitative estimate of drug-likeness (QED) is 0.811. The Balaban J connectivity index is 2.85. The van der Waals surface area contributed by atoms with Gasteiger partial charge in [-0.1, -0.05) is 18.5 Å². The number of rotatable bonds is 5. The highest BCUT2D eigenvalue weighted by atomic mass is 35.5. The van der Waals surface area contributed by atoms with Gasteiger partial charge >= 0.3 is 0 Å². The zero-order valence-electron chi connectivity index (χ0n) is 9.36. The fourth-order valence-corrected chi connectivity index (χ4v) is 1.89. The van der Waals surface area contributed by atoms with Gasteiger partial charge in [0.25, 0.3) is 0 Å². The van der Waals surface area contributed by atoms with Gasteiger partial charge in [0.2, 0.25) is 0 Å². The van der Waals surface area contributed by atoms with Gasteiger partial charge < -0.3 is 5.32 Å². The molecule has 5 heteroatoms. The second-order valence-corrected chi connectivity index (χ2v) is 4.78. The van der Waals surface area contributed by atoms with E-state index in [0.29, 0.717) is 10.9 Å². The molecule has 0 aliphatic rings. The third-order valence-electron chi connectivity index (χ3n) is 2.65. The summed E-state index contributed by atoms with van der Waals surface area (Å²) in [6, 6.07) is 1.24. The van der Waals surface area contributed by atoms with Gasteiger partial charge in [-0.2, -0.15) is 0 Å². The summed E-state index contributed by atoms with van der Waals surface area (Å²) < 4.78 is 13.5. The second-order valence-electron chi connectivity index (χ2n) is 3.96. The minimum absolute atomic E-state index is 0.221. The number of nitrogens with zero attached hydrogens (tertiary/aromatic N) is 1. The first kappa shape index (κ1) is 13.5. The van der Waals surface area contributed by atoms with Crippen molar-refractivity contribution in [1.82, 2.24) is 4.98 Å². The van der Waals surface area contributed by atoms with Crippen LogP contribution in [0, 0.1) is 5.82 Å². The second kappa shape index (κ2) is 5.69. The van der Waals surface area contributed by atoms with Gasteiger partial charge in [-0.25, -0.2) is 9.37 Å². The van der Waals surface area contributed by atoms with Crippen LogP contribution in [0.15, 0.2) is 12.3 Å². The van der Waals surface area contributed by atoms with Crippen molar-refractivity contribution in [2.75, 3.05) is 11.2 Å². The van der Waals surface area contributed by atoms with Crippen LogP contribution in [-0.4, -0.2) is 16.4 Å². The van der Waals surface area contributed by atoms with Crippen LogP contribution < -0.4 is 5.32 Å². The molecule has 0 amide bonds. The van der Waals surface area contributed by atoms with E-state index in [2.05, 4.69) is 10.3 Å². The summed E-state index contributed by atoms with van der Waals surface area (Å²) in [5.41, 5.74) is -0.247. The molecule has 1 heterocycles. The molecule has 1 atom stereocenters. The maximum absolute atomic E-state index is 13.5. The summed E-state index contributed by atoms with van der Waals surface area (Å²) >= 11 is 11.4. The average Bonchev–Trinajstić information content (AvgIpc) is 2.23. The number of hydrogen-bond donors (Lipinski definition) is 1. The molecule has 0 aromatic carbocycles. The van der Waals surface area contributed by atoms with Crippen LogP contribution in [0.25, 0.3) is 0 Å². The number of pyridine rings is 1. The van der Waals surface area contributed by atoms with Gasteiger partial charge in [0.15, 0.2) is 11.6 Å². The number of hydrogen-bond acceptors (Lipinski definition) is 2. The van der Waals surface area contributed by atoms with E-state index in [0.717, 1.165) is 12.8 Å². The van der Waals surface area contributed by atoms with E-state index in [1.165, 1.54) is 12.3 Å². The summed E-state index contributed by atoms with van der Waals surface area (Å²) in [6.45, 7) is 4.01. The maximum atomic E-state index is 13.5. The molecule has 0 radical (unpaired) electrons. The largest absolute Gasteiger partial charge is 0.362 e. The van der Waals surface area contributed by atoms with E-state index in [1.807, 2.05) is 13.8 Å². The van der Waals surface area contributed by atoms with E-state index in [1.54, 1.807) is 0 Å². The first-order chi connectivity index (χ1) is 7.50. The predicted octanol–water partition coefficient (Wildman–Crippen LogP) is 4.08. The van der Waals surface area contributed by atoms with Crippen LogP contribution in [0.5, 0.6) is 0 Å². The van der Waals surface area contributed by atoms with Crippen LogP contribution in [0.2, 0.25) is 5.02 Å². The topological polar surface area (TPSA) is 24.9 Å². The van der Waals surface area contributed by atoms with Gasteiger partial charge in [-0.3, -0.25) is 0 Å². The van der Waals surface area contributed by atoms with Gasteiger partial charge in [-0.05, 0) is 25.8 Å². The highest BCUT2D eigenvalue weighted by molar-refractivity contribution is 6.30. The molecule has 0 aliphatic heterocycles. The van der Waals surface area contributed by atoms with Crippen molar-refractivity contribution in [1.29, 1.82) is 0 Å². The monoisotopic (exact) mass is 264 g/mol. The lowest BCUT2D eigenvalue weighted by molar-refractivity contribution is 0.473. The Morgan fingerprint density at radius 1 is 1.56 bits per heavy atom. The van der Waals surface area contributed by atoms with Crippen molar-refractivity contribution in [2.24, 2.45) is 0 Å². The van der Waals surface area contributed by atoms with E-state index < -0.39 is 5.82 Å². The summed E-state index contributed by atoms with van der Waals surface area (Å²) in [4.78, 5) is 3.93. The van der Waals surface area contributed by atoms with Gasteiger partial charge in [-0.15, -0.1) is 11.6 Å². The van der Waals surface area contributed by atoms with Crippen LogP contribution in [0.4, 0.5) is 10.2 Å². The highest BCUT2D eigenvalue weighted by Crippen LogP contribution is 2.24. The van der Waals surface area contributed by atoms with Crippen molar-refractivity contribution in [3.8, 4) is 0 Å². The van der Waals surface area contributed by atoms with Crippen LogP contribution in [0.3, 0.4) is 0 Å². The summed E-state index contributed by atoms with van der Waals surface area (Å²) in [5.74, 6) is 0.299. The van der Waals surface area contributed by atoms with Gasteiger partial charge in [0.05, 0.1) is 5.02 Å². The van der Waals surface area contributed by atoms with Crippen molar-refractivity contribution >= 4 is 29.0 Å². The third-order valence-corrected chi connectivity index (χ3v) is 3.05. The first-order valence-corrected chi connectivity index (χ1v) is 6.07. The van der Waals surface area contributed by atoms with E-state index in [4.69, 9.17) is 23.2 Å². The van der Waals surface area contributed by atoms with E-state index in [-0.39, 0.29) is 11.4 Å². The van der Waals surface area contributed by atoms with Gasteiger partial charge in [0.1, 0.15) is 0 Å². The van der Waals surface area contributed by atoms with Crippen LogP contribution >= 0.6 is 23.2 Å². The van der Waals surface area contributed by atoms with Crippen molar-refractivity contribution in [3.05, 3.63) is 23.1 Å². The smallest absolute Gasteiger partial charge is 0.166 e. The molecule has 2 nitrogen and oxygen atoms in total. The minimum Gasteiger partial charge on any atom is -0.362 e. The maximum Gasteiger partial charge on any atom is 0.166 e. The molecule has 0 fully saturated rings. The molecule has 90 valence electrons. The molecular weight excluding hydrogens is 250 g/mol. The zero-order valence-corrected chi connectivity index (χ0v) is 10.9. The Morgan fingerprint density at radius 3 is 2.75 bits per heavy atom. The zero-order chi connectivity index (χ0) is 12.2. The molecule has 1 unspecified atom stereocenters. The van der Waals surface area contributed by atoms with E-state index >= 15 is 0 Å². The molecule has 0 bridgehead atoms. The Morgan fingerprint density at radius 2 is 2.25 bits per heavy atom. The van der Waals surface area contributed by atoms with Crippen molar-refractivity contribution in [2.45, 2.75) is 32.2 Å². The Labute approximate surface area is 105 Å². The molecule has 1 aromatic rings. The van der Waals surface area contributed by atoms with Gasteiger partial charge in [0, 0.05) is 17.6 Å². The highest BCUT2D eigenvalue weighted by Gasteiger charge is 2.22. The third kappa shape index (κ3) is 3.49. The van der Waals surface area contributed by atoms with Crippen molar-refractivity contribution in [3.63, 3.8) is 0 Å². The first-order valence-electron chi connectivity index (χ1n) is 5.16. The lowest BCUT2D eigenvalue weighted by atomic mass is 9.95. The summed E-state index contributed by atoms with van der Waals surface area (Å²) in [7, 11) is 0. The summed E-state index contributed by atoms with van der Waals surface area (Å²) in [6.07, 6.45) is 3.00. The normalized spacial score (nSPS) is 14.6. The number of aromatic nitrogens is 1.